The number of benzene rings is 2. The molecule has 0 bridgehead atoms. The summed E-state index contributed by atoms with van der Waals surface area (Å²) in [6.45, 7) is 1.99. The fourth-order valence-electron chi connectivity index (χ4n) is 2.98. The number of nitro groups is 1. The van der Waals surface area contributed by atoms with E-state index in [1.54, 1.807) is 26.2 Å². The summed E-state index contributed by atoms with van der Waals surface area (Å²) in [6, 6.07) is 10.5. The van der Waals surface area contributed by atoms with Crippen LogP contribution in [0.15, 0.2) is 42.6 Å². The maximum absolute atomic E-state index is 12.4. The van der Waals surface area contributed by atoms with Crippen molar-refractivity contribution in [2.24, 2.45) is 0 Å². The van der Waals surface area contributed by atoms with Gasteiger partial charge in [0.1, 0.15) is 11.3 Å². The SMILES string of the molecule is COc1ccc2[nH]cc(CCNC(=O)c3cccc(C)c3[N+](=O)[O-])c2c1. The molecule has 0 spiro atoms. The van der Waals surface area contributed by atoms with Crippen LogP contribution in [0, 0.1) is 17.0 Å². The van der Waals surface area contributed by atoms with Gasteiger partial charge in [-0.05, 0) is 43.2 Å². The maximum atomic E-state index is 12.4. The number of nitrogens with one attached hydrogen (secondary N) is 2. The van der Waals surface area contributed by atoms with Crippen LogP contribution in [0.1, 0.15) is 21.5 Å². The average molecular weight is 353 g/mol. The number of hydrogen-bond acceptors (Lipinski definition) is 4. The normalized spacial score (nSPS) is 10.7. The van der Waals surface area contributed by atoms with Crippen molar-refractivity contribution >= 4 is 22.5 Å². The first kappa shape index (κ1) is 17.5. The van der Waals surface area contributed by atoms with Crippen molar-refractivity contribution in [2.45, 2.75) is 13.3 Å². The van der Waals surface area contributed by atoms with Gasteiger partial charge in [-0.25, -0.2) is 0 Å². The first-order valence-electron chi connectivity index (χ1n) is 8.17. The summed E-state index contributed by atoms with van der Waals surface area (Å²) in [7, 11) is 1.61. The maximum Gasteiger partial charge on any atom is 0.285 e. The van der Waals surface area contributed by atoms with Crippen LogP contribution in [0.4, 0.5) is 5.69 Å². The Morgan fingerprint density at radius 3 is 2.85 bits per heavy atom. The lowest BCUT2D eigenvalue weighted by Gasteiger charge is -2.07. The summed E-state index contributed by atoms with van der Waals surface area (Å²) in [5.74, 6) is 0.315. The number of H-pyrrole nitrogens is 1. The van der Waals surface area contributed by atoms with Crippen LogP contribution in [-0.4, -0.2) is 29.5 Å². The molecule has 2 aromatic carbocycles. The number of para-hydroxylation sites is 1. The molecule has 0 aliphatic carbocycles. The van der Waals surface area contributed by atoms with E-state index in [0.717, 1.165) is 22.2 Å². The minimum atomic E-state index is -0.518. The van der Waals surface area contributed by atoms with Crippen LogP contribution >= 0.6 is 0 Å². The van der Waals surface area contributed by atoms with Crippen molar-refractivity contribution in [1.82, 2.24) is 10.3 Å². The van der Waals surface area contributed by atoms with E-state index in [1.165, 1.54) is 6.07 Å². The van der Waals surface area contributed by atoms with Crippen LogP contribution in [0.5, 0.6) is 5.75 Å². The van der Waals surface area contributed by atoms with Gasteiger partial charge in [0.05, 0.1) is 12.0 Å². The molecule has 134 valence electrons. The molecule has 2 N–H and O–H groups in total. The summed E-state index contributed by atoms with van der Waals surface area (Å²) < 4.78 is 5.25. The molecule has 0 saturated heterocycles. The van der Waals surface area contributed by atoms with E-state index in [-0.39, 0.29) is 11.3 Å². The van der Waals surface area contributed by atoms with Crippen LogP contribution in [0.3, 0.4) is 0 Å². The van der Waals surface area contributed by atoms with Gasteiger partial charge >= 0.3 is 0 Å². The van der Waals surface area contributed by atoms with Gasteiger partial charge in [0.2, 0.25) is 0 Å². The number of aromatic nitrogens is 1. The van der Waals surface area contributed by atoms with E-state index in [4.69, 9.17) is 4.74 Å². The third kappa shape index (κ3) is 3.37. The molecule has 26 heavy (non-hydrogen) atoms. The minimum absolute atomic E-state index is 0.0793. The first-order valence-corrected chi connectivity index (χ1v) is 8.17. The molecule has 3 rings (SSSR count). The molecule has 3 aromatic rings. The van der Waals surface area contributed by atoms with E-state index in [0.29, 0.717) is 18.5 Å². The third-order valence-electron chi connectivity index (χ3n) is 4.32. The number of methoxy groups -OCH3 is 1. The van der Waals surface area contributed by atoms with Crippen LogP contribution in [-0.2, 0) is 6.42 Å². The quantitative estimate of drug-likeness (QED) is 0.524. The van der Waals surface area contributed by atoms with Gasteiger partial charge < -0.3 is 15.0 Å². The number of hydrogen-bond donors (Lipinski definition) is 2. The largest absolute Gasteiger partial charge is 0.497 e. The molecule has 1 heterocycles. The first-order chi connectivity index (χ1) is 12.5. The molecule has 0 saturated carbocycles. The number of nitro benzene ring substituents is 1. The lowest BCUT2D eigenvalue weighted by Crippen LogP contribution is -2.26. The Hall–Kier alpha value is -3.35. The van der Waals surface area contributed by atoms with Crippen molar-refractivity contribution in [3.05, 3.63) is 69.4 Å². The van der Waals surface area contributed by atoms with Crippen LogP contribution < -0.4 is 10.1 Å². The molecule has 0 unspecified atom stereocenters. The number of aryl methyl sites for hydroxylation is 1. The highest BCUT2D eigenvalue weighted by atomic mass is 16.6. The lowest BCUT2D eigenvalue weighted by atomic mass is 10.1. The number of nitrogens with zero attached hydrogens (tertiary/aromatic N) is 1. The molecular weight excluding hydrogens is 334 g/mol. The van der Waals surface area contributed by atoms with E-state index < -0.39 is 10.8 Å². The Kier molecular flexibility index (Phi) is 4.88. The number of ether oxygens (including phenoxy) is 1. The third-order valence-corrected chi connectivity index (χ3v) is 4.32. The molecule has 0 radical (unpaired) electrons. The zero-order valence-corrected chi connectivity index (χ0v) is 14.5. The van der Waals surface area contributed by atoms with Gasteiger partial charge in [-0.1, -0.05) is 12.1 Å². The predicted molar refractivity (Wildman–Crippen MR) is 98.7 cm³/mol. The molecule has 1 aromatic heterocycles. The number of rotatable bonds is 6. The number of aromatic amines is 1. The second kappa shape index (κ2) is 7.26. The summed E-state index contributed by atoms with van der Waals surface area (Å²) >= 11 is 0. The smallest absolute Gasteiger partial charge is 0.285 e. The van der Waals surface area contributed by atoms with Crippen molar-refractivity contribution in [1.29, 1.82) is 0 Å². The van der Waals surface area contributed by atoms with Crippen LogP contribution in [0.2, 0.25) is 0 Å². The average Bonchev–Trinajstić information content (AvgIpc) is 3.03. The summed E-state index contributed by atoms with van der Waals surface area (Å²) in [5, 5.41) is 15.0. The van der Waals surface area contributed by atoms with Crippen molar-refractivity contribution in [3.8, 4) is 5.75 Å². The second-order valence-electron chi connectivity index (χ2n) is 5.96. The van der Waals surface area contributed by atoms with E-state index in [9.17, 15) is 14.9 Å². The topological polar surface area (TPSA) is 97.3 Å². The lowest BCUT2D eigenvalue weighted by molar-refractivity contribution is -0.385. The van der Waals surface area contributed by atoms with Crippen molar-refractivity contribution in [2.75, 3.05) is 13.7 Å². The van der Waals surface area contributed by atoms with Gasteiger partial charge in [-0.2, -0.15) is 0 Å². The second-order valence-corrected chi connectivity index (χ2v) is 5.96. The van der Waals surface area contributed by atoms with Crippen molar-refractivity contribution < 1.29 is 14.5 Å². The fraction of sp³-hybridized carbons (Fsp3) is 0.211. The highest BCUT2D eigenvalue weighted by molar-refractivity contribution is 5.98. The van der Waals surface area contributed by atoms with Crippen LogP contribution in [0.25, 0.3) is 10.9 Å². The highest BCUT2D eigenvalue weighted by Crippen LogP contribution is 2.24. The fourth-order valence-corrected chi connectivity index (χ4v) is 2.98. The summed E-state index contributed by atoms with van der Waals surface area (Å²) in [4.78, 5) is 26.3. The monoisotopic (exact) mass is 353 g/mol. The Morgan fingerprint density at radius 2 is 2.12 bits per heavy atom. The molecule has 1 amide bonds. The van der Waals surface area contributed by atoms with E-state index >= 15 is 0 Å². The standard InChI is InChI=1S/C19H19N3O4/c1-12-4-3-5-15(18(12)22(24)25)19(23)20-9-8-13-11-21-17-7-6-14(26-2)10-16(13)17/h3-7,10-11,21H,8-9H2,1-2H3,(H,20,23). The number of carbonyl (C=O) groups is 1. The molecular formula is C19H19N3O4. The Balaban J connectivity index is 1.72. The Morgan fingerprint density at radius 1 is 1.31 bits per heavy atom. The molecule has 7 nitrogen and oxygen atoms in total. The summed E-state index contributed by atoms with van der Waals surface area (Å²) in [6.07, 6.45) is 2.49. The Bertz CT molecular complexity index is 978. The van der Waals surface area contributed by atoms with E-state index in [1.807, 2.05) is 24.4 Å². The molecule has 0 fully saturated rings. The van der Waals surface area contributed by atoms with Gasteiger partial charge in [0, 0.05) is 29.2 Å². The van der Waals surface area contributed by atoms with E-state index in [2.05, 4.69) is 10.3 Å². The Labute approximate surface area is 150 Å². The van der Waals surface area contributed by atoms with Gasteiger partial charge in [-0.15, -0.1) is 0 Å². The molecule has 0 aliphatic rings. The predicted octanol–water partition coefficient (Wildman–Crippen LogP) is 3.37. The number of carbonyl (C=O) groups excluding carboxylic acids is 1. The minimum Gasteiger partial charge on any atom is -0.497 e. The highest BCUT2D eigenvalue weighted by Gasteiger charge is 2.22. The zero-order valence-electron chi connectivity index (χ0n) is 14.5. The molecule has 0 atom stereocenters. The summed E-state index contributed by atoms with van der Waals surface area (Å²) in [5.41, 5.74) is 2.42. The van der Waals surface area contributed by atoms with Gasteiger partial charge in [0.15, 0.2) is 0 Å². The molecule has 7 heteroatoms. The number of amides is 1. The van der Waals surface area contributed by atoms with Crippen molar-refractivity contribution in [3.63, 3.8) is 0 Å². The molecule has 0 aliphatic heterocycles. The number of fused-ring (bicyclic) bond motifs is 1. The zero-order chi connectivity index (χ0) is 18.7. The van der Waals surface area contributed by atoms with Gasteiger partial charge in [-0.3, -0.25) is 14.9 Å². The van der Waals surface area contributed by atoms with Gasteiger partial charge in [0.25, 0.3) is 11.6 Å².